The number of hydrogen-bond donors (Lipinski definition) is 0. The fourth-order valence-electron chi connectivity index (χ4n) is 1.51. The van der Waals surface area contributed by atoms with Crippen LogP contribution in [0.25, 0.3) is 0 Å². The predicted molar refractivity (Wildman–Crippen MR) is 75.2 cm³/mol. The van der Waals surface area contributed by atoms with Gasteiger partial charge in [-0.1, -0.05) is 25.2 Å². The number of hydrogen-bond acceptors (Lipinski definition) is 2. The lowest BCUT2D eigenvalue weighted by Gasteiger charge is -2.24. The fraction of sp³-hybridized carbons (Fsp3) is 0.417. The number of thiocarbonyl (C=S) groups is 1. The van der Waals surface area contributed by atoms with Crippen LogP contribution in [0.15, 0.2) is 24.3 Å². The normalized spacial score (nSPS) is 11.4. The van der Waals surface area contributed by atoms with Crippen LogP contribution in [0.4, 0.5) is 18.9 Å². The number of thioether (sulfide) groups is 1. The van der Waals surface area contributed by atoms with Crippen molar-refractivity contribution in [2.45, 2.75) is 19.5 Å². The van der Waals surface area contributed by atoms with Gasteiger partial charge < -0.3 is 4.90 Å². The number of halogens is 3. The Bertz CT molecular complexity index is 418. The van der Waals surface area contributed by atoms with E-state index in [1.54, 1.807) is 11.0 Å². The van der Waals surface area contributed by atoms with Gasteiger partial charge in [0.2, 0.25) is 0 Å². The van der Waals surface area contributed by atoms with Crippen molar-refractivity contribution in [3.8, 4) is 0 Å². The number of rotatable bonds is 3. The molecule has 0 N–H and O–H groups in total. The number of alkyl halides is 3. The first-order valence-corrected chi connectivity index (χ1v) is 7.06. The zero-order valence-corrected chi connectivity index (χ0v) is 11.8. The Hall–Kier alpha value is -0.750. The lowest BCUT2D eigenvalue weighted by atomic mass is 10.2. The molecular weight excluding hydrogens is 279 g/mol. The second kappa shape index (κ2) is 6.43. The van der Waals surface area contributed by atoms with E-state index in [4.69, 9.17) is 12.2 Å². The summed E-state index contributed by atoms with van der Waals surface area (Å²) in [7, 11) is 0. The van der Waals surface area contributed by atoms with Gasteiger partial charge in [-0.25, -0.2) is 0 Å². The van der Waals surface area contributed by atoms with Crippen molar-refractivity contribution in [3.05, 3.63) is 29.8 Å². The number of anilines is 1. The lowest BCUT2D eigenvalue weighted by molar-refractivity contribution is -0.137. The Kier molecular flexibility index (Phi) is 5.47. The van der Waals surface area contributed by atoms with Crippen LogP contribution < -0.4 is 4.90 Å². The third kappa shape index (κ3) is 3.88. The van der Waals surface area contributed by atoms with Gasteiger partial charge >= 0.3 is 6.18 Å². The Morgan fingerprint density at radius 3 is 2.56 bits per heavy atom. The van der Waals surface area contributed by atoms with Crippen LogP contribution >= 0.6 is 24.0 Å². The van der Waals surface area contributed by atoms with Gasteiger partial charge in [-0.15, -0.1) is 11.8 Å². The fourth-order valence-corrected chi connectivity index (χ4v) is 2.12. The van der Waals surface area contributed by atoms with Crippen molar-refractivity contribution in [2.75, 3.05) is 17.7 Å². The highest BCUT2D eigenvalue weighted by Crippen LogP contribution is 2.32. The van der Waals surface area contributed by atoms with Crippen molar-refractivity contribution in [1.29, 1.82) is 0 Å². The molecule has 0 aromatic heterocycles. The summed E-state index contributed by atoms with van der Waals surface area (Å²) in [6.07, 6.45) is -1.69. The van der Waals surface area contributed by atoms with Crippen LogP contribution in [0.5, 0.6) is 0 Å². The highest BCUT2D eigenvalue weighted by Gasteiger charge is 2.30. The average Bonchev–Trinajstić information content (AvgIpc) is 2.34. The Morgan fingerprint density at radius 1 is 1.39 bits per heavy atom. The zero-order valence-electron chi connectivity index (χ0n) is 10.1. The van der Waals surface area contributed by atoms with Crippen molar-refractivity contribution in [2.24, 2.45) is 0 Å². The lowest BCUT2D eigenvalue weighted by Crippen LogP contribution is -2.28. The molecule has 1 aromatic rings. The summed E-state index contributed by atoms with van der Waals surface area (Å²) in [4.78, 5) is 1.73. The van der Waals surface area contributed by atoms with Crippen LogP contribution in [-0.2, 0) is 6.18 Å². The summed E-state index contributed by atoms with van der Waals surface area (Å²) in [6.45, 7) is 2.57. The molecule has 0 saturated heterocycles. The smallest absolute Gasteiger partial charge is 0.327 e. The van der Waals surface area contributed by atoms with E-state index in [1.807, 2.05) is 13.2 Å². The maximum atomic E-state index is 12.6. The van der Waals surface area contributed by atoms with Gasteiger partial charge in [0, 0.05) is 12.2 Å². The van der Waals surface area contributed by atoms with Crippen molar-refractivity contribution in [1.82, 2.24) is 0 Å². The molecular formula is C12H14F3NS2. The van der Waals surface area contributed by atoms with E-state index in [1.165, 1.54) is 17.8 Å². The Balaban J connectivity index is 3.09. The van der Waals surface area contributed by atoms with Gasteiger partial charge in [0.15, 0.2) is 0 Å². The summed E-state index contributed by atoms with van der Waals surface area (Å²) in [5, 5.41) is 0. The van der Waals surface area contributed by atoms with E-state index >= 15 is 0 Å². The molecule has 0 radical (unpaired) electrons. The van der Waals surface area contributed by atoms with Crippen LogP contribution in [0.3, 0.4) is 0 Å². The first kappa shape index (κ1) is 15.3. The van der Waals surface area contributed by atoms with E-state index in [2.05, 4.69) is 0 Å². The molecule has 1 aromatic carbocycles. The first-order valence-electron chi connectivity index (χ1n) is 5.43. The molecule has 0 aliphatic rings. The van der Waals surface area contributed by atoms with Gasteiger partial charge in [-0.3, -0.25) is 0 Å². The molecule has 0 heterocycles. The highest BCUT2D eigenvalue weighted by atomic mass is 32.2. The van der Waals surface area contributed by atoms with E-state index in [9.17, 15) is 13.2 Å². The Morgan fingerprint density at radius 2 is 2.06 bits per heavy atom. The van der Waals surface area contributed by atoms with E-state index in [0.29, 0.717) is 16.6 Å². The topological polar surface area (TPSA) is 3.24 Å². The second-order valence-corrected chi connectivity index (χ2v) is 5.11. The molecule has 0 saturated carbocycles. The van der Waals surface area contributed by atoms with Gasteiger partial charge in [0.1, 0.15) is 4.32 Å². The molecule has 0 bridgehead atoms. The van der Waals surface area contributed by atoms with Crippen LogP contribution in [0.2, 0.25) is 0 Å². The maximum absolute atomic E-state index is 12.6. The van der Waals surface area contributed by atoms with Crippen molar-refractivity contribution >= 4 is 34.0 Å². The summed E-state index contributed by atoms with van der Waals surface area (Å²) < 4.78 is 38.5. The summed E-state index contributed by atoms with van der Waals surface area (Å²) in [5.41, 5.74) is -0.156. The standard InChI is InChI=1S/C12H14F3NS2/c1-3-7-16(11(17)18-2)10-6-4-5-9(8-10)12(13,14)15/h4-6,8H,3,7H2,1-2H3. The van der Waals surface area contributed by atoms with Gasteiger partial charge in [0.25, 0.3) is 0 Å². The van der Waals surface area contributed by atoms with Gasteiger partial charge in [0.05, 0.1) is 5.56 Å². The minimum atomic E-state index is -4.32. The highest BCUT2D eigenvalue weighted by molar-refractivity contribution is 8.22. The van der Waals surface area contributed by atoms with Gasteiger partial charge in [-0.2, -0.15) is 13.2 Å². The maximum Gasteiger partial charge on any atom is 0.416 e. The molecule has 0 aliphatic heterocycles. The third-order valence-electron chi connectivity index (χ3n) is 2.33. The monoisotopic (exact) mass is 293 g/mol. The molecule has 1 rings (SSSR count). The number of benzene rings is 1. The third-order valence-corrected chi connectivity index (χ3v) is 3.62. The van der Waals surface area contributed by atoms with E-state index in [0.717, 1.165) is 18.6 Å². The predicted octanol–water partition coefficient (Wildman–Crippen LogP) is 4.57. The van der Waals surface area contributed by atoms with Gasteiger partial charge in [-0.05, 0) is 30.9 Å². The molecule has 100 valence electrons. The van der Waals surface area contributed by atoms with Crippen LogP contribution in [0, 0.1) is 0 Å². The number of nitrogens with zero attached hydrogens (tertiary/aromatic N) is 1. The summed E-state index contributed by atoms with van der Waals surface area (Å²) >= 11 is 6.53. The van der Waals surface area contributed by atoms with Crippen molar-refractivity contribution in [3.63, 3.8) is 0 Å². The molecule has 18 heavy (non-hydrogen) atoms. The molecule has 1 nitrogen and oxygen atoms in total. The minimum Gasteiger partial charge on any atom is -0.327 e. The molecule has 6 heteroatoms. The van der Waals surface area contributed by atoms with Crippen LogP contribution in [-0.4, -0.2) is 17.1 Å². The SMILES string of the molecule is CCCN(C(=S)SC)c1cccc(C(F)(F)F)c1. The molecule has 0 spiro atoms. The summed E-state index contributed by atoms with van der Waals surface area (Å²) in [5.74, 6) is 0. The van der Waals surface area contributed by atoms with Crippen molar-refractivity contribution < 1.29 is 13.2 Å². The molecule has 0 atom stereocenters. The quantitative estimate of drug-likeness (QED) is 0.752. The first-order chi connectivity index (χ1) is 8.40. The van der Waals surface area contributed by atoms with Crippen LogP contribution in [0.1, 0.15) is 18.9 Å². The molecule has 0 fully saturated rings. The van der Waals surface area contributed by atoms with E-state index < -0.39 is 11.7 Å². The second-order valence-electron chi connectivity index (χ2n) is 3.67. The van der Waals surface area contributed by atoms with E-state index in [-0.39, 0.29) is 0 Å². The zero-order chi connectivity index (χ0) is 13.8. The minimum absolute atomic E-state index is 0.492. The largest absolute Gasteiger partial charge is 0.416 e. The molecule has 0 aliphatic carbocycles. The summed E-state index contributed by atoms with van der Waals surface area (Å²) in [6, 6.07) is 5.26. The molecule has 0 amide bonds. The average molecular weight is 293 g/mol. The Labute approximate surface area is 114 Å². The molecule has 0 unspecified atom stereocenters.